The first kappa shape index (κ1) is 21.3. The highest BCUT2D eigenvalue weighted by molar-refractivity contribution is 7.16. The molecule has 0 spiro atoms. The quantitative estimate of drug-likeness (QED) is 0.360. The molecule has 6 nitrogen and oxygen atoms in total. The molecule has 0 aliphatic carbocycles. The number of carbonyl (C=O) groups is 2. The molecule has 4 aromatic rings. The van der Waals surface area contributed by atoms with Crippen molar-refractivity contribution in [1.82, 2.24) is 4.98 Å². The van der Waals surface area contributed by atoms with Crippen LogP contribution in [0, 0.1) is 6.92 Å². The van der Waals surface area contributed by atoms with Gasteiger partial charge in [-0.2, -0.15) is 0 Å². The second-order valence-corrected chi connectivity index (χ2v) is 8.15. The predicted octanol–water partition coefficient (Wildman–Crippen LogP) is 5.66. The Morgan fingerprint density at radius 1 is 0.906 bits per heavy atom. The lowest BCUT2D eigenvalue weighted by molar-refractivity contribution is -0.119. The Bertz CT molecular complexity index is 1220. The standard InChI is InChI=1S/C25H21N3O3S/c1-17-23(18-10-4-2-5-11-18)28-25(32-17)27-22(29)16-31-24(30)20-14-8-9-15-21(20)26-19-12-6-3-7-13-19/h2-15,26H,16H2,1H3,(H,27,28,29). The number of anilines is 3. The van der Waals surface area contributed by atoms with Crippen molar-refractivity contribution in [2.45, 2.75) is 6.92 Å². The van der Waals surface area contributed by atoms with Crippen LogP contribution in [0.5, 0.6) is 0 Å². The van der Waals surface area contributed by atoms with Crippen molar-refractivity contribution in [2.24, 2.45) is 0 Å². The highest BCUT2D eigenvalue weighted by atomic mass is 32.1. The minimum atomic E-state index is -0.584. The van der Waals surface area contributed by atoms with Gasteiger partial charge in [-0.1, -0.05) is 60.7 Å². The molecule has 0 fully saturated rings. The Morgan fingerprint density at radius 2 is 1.56 bits per heavy atom. The molecule has 0 radical (unpaired) electrons. The summed E-state index contributed by atoms with van der Waals surface area (Å²) < 4.78 is 5.25. The number of aryl methyl sites for hydroxylation is 1. The van der Waals surface area contributed by atoms with Gasteiger partial charge in [0.25, 0.3) is 5.91 Å². The van der Waals surface area contributed by atoms with Gasteiger partial charge in [0.15, 0.2) is 11.7 Å². The van der Waals surface area contributed by atoms with Crippen molar-refractivity contribution in [3.63, 3.8) is 0 Å². The van der Waals surface area contributed by atoms with Crippen molar-refractivity contribution in [3.8, 4) is 11.3 Å². The summed E-state index contributed by atoms with van der Waals surface area (Å²) in [6.45, 7) is 1.55. The van der Waals surface area contributed by atoms with E-state index in [1.54, 1.807) is 18.2 Å². The summed E-state index contributed by atoms with van der Waals surface area (Å²) in [5.41, 5.74) is 3.60. The minimum Gasteiger partial charge on any atom is -0.452 e. The Morgan fingerprint density at radius 3 is 2.31 bits per heavy atom. The Balaban J connectivity index is 1.37. The van der Waals surface area contributed by atoms with Crippen molar-refractivity contribution in [1.29, 1.82) is 0 Å². The first-order chi connectivity index (χ1) is 15.6. The summed E-state index contributed by atoms with van der Waals surface area (Å²) >= 11 is 1.38. The van der Waals surface area contributed by atoms with Gasteiger partial charge in [0.05, 0.1) is 16.9 Å². The maximum atomic E-state index is 12.6. The number of hydrogen-bond donors (Lipinski definition) is 2. The largest absolute Gasteiger partial charge is 0.452 e. The fraction of sp³-hybridized carbons (Fsp3) is 0.0800. The number of benzene rings is 3. The maximum Gasteiger partial charge on any atom is 0.340 e. The lowest BCUT2D eigenvalue weighted by atomic mass is 10.1. The fourth-order valence-electron chi connectivity index (χ4n) is 3.13. The van der Waals surface area contributed by atoms with Crippen LogP contribution in [-0.2, 0) is 9.53 Å². The van der Waals surface area contributed by atoms with Gasteiger partial charge in [0, 0.05) is 16.1 Å². The van der Waals surface area contributed by atoms with E-state index in [1.165, 1.54) is 11.3 Å². The number of aromatic nitrogens is 1. The van der Waals surface area contributed by atoms with Crippen molar-refractivity contribution >= 4 is 39.7 Å². The summed E-state index contributed by atoms with van der Waals surface area (Å²) in [6, 6.07) is 26.3. The van der Waals surface area contributed by atoms with Gasteiger partial charge in [0.2, 0.25) is 0 Å². The van der Waals surface area contributed by atoms with E-state index >= 15 is 0 Å². The Labute approximate surface area is 189 Å². The van der Waals surface area contributed by atoms with Gasteiger partial charge in [-0.15, -0.1) is 11.3 Å². The Hall–Kier alpha value is -3.97. The molecule has 32 heavy (non-hydrogen) atoms. The van der Waals surface area contributed by atoms with E-state index in [0.717, 1.165) is 21.8 Å². The van der Waals surface area contributed by atoms with Crippen molar-refractivity contribution in [3.05, 3.63) is 95.4 Å². The van der Waals surface area contributed by atoms with Gasteiger partial charge in [-0.25, -0.2) is 9.78 Å². The minimum absolute atomic E-state index is 0.348. The van der Waals surface area contributed by atoms with Crippen LogP contribution in [0.25, 0.3) is 11.3 Å². The van der Waals surface area contributed by atoms with E-state index in [2.05, 4.69) is 15.6 Å². The monoisotopic (exact) mass is 443 g/mol. The first-order valence-corrected chi connectivity index (χ1v) is 10.8. The first-order valence-electron chi connectivity index (χ1n) is 10.0. The van der Waals surface area contributed by atoms with E-state index < -0.39 is 18.5 Å². The number of nitrogens with one attached hydrogen (secondary N) is 2. The highest BCUT2D eigenvalue weighted by Gasteiger charge is 2.16. The van der Waals surface area contributed by atoms with Crippen LogP contribution >= 0.6 is 11.3 Å². The van der Waals surface area contributed by atoms with Crippen LogP contribution in [0.4, 0.5) is 16.5 Å². The molecule has 160 valence electrons. The molecule has 0 saturated carbocycles. The van der Waals surface area contributed by atoms with Crippen LogP contribution in [0.2, 0.25) is 0 Å². The van der Waals surface area contributed by atoms with Gasteiger partial charge in [0.1, 0.15) is 0 Å². The van der Waals surface area contributed by atoms with Gasteiger partial charge < -0.3 is 10.1 Å². The number of carbonyl (C=O) groups excluding carboxylic acids is 2. The molecular formula is C25H21N3O3S. The molecule has 0 aliphatic heterocycles. The molecule has 1 heterocycles. The zero-order chi connectivity index (χ0) is 22.3. The molecule has 0 saturated heterocycles. The molecule has 1 aromatic heterocycles. The fourth-order valence-corrected chi connectivity index (χ4v) is 3.98. The Kier molecular flexibility index (Phi) is 6.57. The molecule has 0 aliphatic rings. The third kappa shape index (κ3) is 5.19. The maximum absolute atomic E-state index is 12.6. The number of thiazole rings is 1. The van der Waals surface area contributed by atoms with Crippen LogP contribution in [0.15, 0.2) is 84.9 Å². The normalized spacial score (nSPS) is 10.4. The number of nitrogens with zero attached hydrogens (tertiary/aromatic N) is 1. The number of para-hydroxylation sites is 2. The van der Waals surface area contributed by atoms with Crippen LogP contribution in [0.1, 0.15) is 15.2 Å². The number of ether oxygens (including phenoxy) is 1. The van der Waals surface area contributed by atoms with Crippen LogP contribution < -0.4 is 10.6 Å². The van der Waals surface area contributed by atoms with Gasteiger partial charge in [-0.3, -0.25) is 10.1 Å². The topological polar surface area (TPSA) is 80.3 Å². The molecule has 0 bridgehead atoms. The van der Waals surface area contributed by atoms with E-state index in [9.17, 15) is 9.59 Å². The molecule has 2 N–H and O–H groups in total. The summed E-state index contributed by atoms with van der Waals surface area (Å²) in [7, 11) is 0. The second-order valence-electron chi connectivity index (χ2n) is 6.95. The van der Waals surface area contributed by atoms with Crippen molar-refractivity contribution < 1.29 is 14.3 Å². The summed E-state index contributed by atoms with van der Waals surface area (Å²) in [5, 5.41) is 6.37. The number of amides is 1. The predicted molar refractivity (Wildman–Crippen MR) is 127 cm³/mol. The average Bonchev–Trinajstić information content (AvgIpc) is 3.19. The SMILES string of the molecule is Cc1sc(NC(=O)COC(=O)c2ccccc2Nc2ccccc2)nc1-c1ccccc1. The van der Waals surface area contributed by atoms with Gasteiger partial charge >= 0.3 is 5.97 Å². The van der Waals surface area contributed by atoms with Crippen molar-refractivity contribution in [2.75, 3.05) is 17.2 Å². The van der Waals surface area contributed by atoms with E-state index in [1.807, 2.05) is 73.7 Å². The highest BCUT2D eigenvalue weighted by Crippen LogP contribution is 2.30. The lowest BCUT2D eigenvalue weighted by Gasteiger charge is -2.11. The molecular weight excluding hydrogens is 422 g/mol. The second kappa shape index (κ2) is 9.89. The zero-order valence-electron chi connectivity index (χ0n) is 17.4. The zero-order valence-corrected chi connectivity index (χ0v) is 18.2. The summed E-state index contributed by atoms with van der Waals surface area (Å²) in [5.74, 6) is -1.03. The van der Waals surface area contributed by atoms with Gasteiger partial charge in [-0.05, 0) is 31.2 Å². The molecule has 7 heteroatoms. The smallest absolute Gasteiger partial charge is 0.340 e. The number of rotatable bonds is 7. The third-order valence-electron chi connectivity index (χ3n) is 4.62. The van der Waals surface area contributed by atoms with Crippen LogP contribution in [-0.4, -0.2) is 23.5 Å². The number of esters is 1. The number of hydrogen-bond acceptors (Lipinski definition) is 6. The molecule has 4 rings (SSSR count). The summed E-state index contributed by atoms with van der Waals surface area (Å²) in [4.78, 5) is 30.4. The average molecular weight is 444 g/mol. The van der Waals surface area contributed by atoms with E-state index in [4.69, 9.17) is 4.74 Å². The molecule has 3 aromatic carbocycles. The van der Waals surface area contributed by atoms with Crippen LogP contribution in [0.3, 0.4) is 0 Å². The molecule has 1 amide bonds. The summed E-state index contributed by atoms with van der Waals surface area (Å²) in [6.07, 6.45) is 0. The lowest BCUT2D eigenvalue weighted by Crippen LogP contribution is -2.21. The molecule has 0 atom stereocenters. The molecule has 0 unspecified atom stereocenters. The van der Waals surface area contributed by atoms with E-state index in [0.29, 0.717) is 16.4 Å². The third-order valence-corrected chi connectivity index (χ3v) is 5.51. The van der Waals surface area contributed by atoms with E-state index in [-0.39, 0.29) is 0 Å².